The van der Waals surface area contributed by atoms with Gasteiger partial charge < -0.3 is 10.2 Å². The molecule has 13 heavy (non-hydrogen) atoms. The fourth-order valence-electron chi connectivity index (χ4n) is 1.84. The maximum absolute atomic E-state index is 9.42. The van der Waals surface area contributed by atoms with Gasteiger partial charge in [-0.25, -0.2) is 4.89 Å². The van der Waals surface area contributed by atoms with E-state index in [0.29, 0.717) is 12.8 Å². The molecule has 0 spiro atoms. The molecule has 3 N–H and O–H groups in total. The molecule has 3 unspecified atom stereocenters. The maximum atomic E-state index is 9.42. The van der Waals surface area contributed by atoms with Crippen molar-refractivity contribution < 1.29 is 20.4 Å². The Kier molecular flexibility index (Phi) is 3.29. The molecule has 0 radical (unpaired) electrons. The van der Waals surface area contributed by atoms with Gasteiger partial charge in [0.05, 0.1) is 12.2 Å². The van der Waals surface area contributed by atoms with E-state index in [0.717, 1.165) is 6.42 Å². The largest absolute Gasteiger partial charge is 0.390 e. The first-order chi connectivity index (χ1) is 5.97. The highest BCUT2D eigenvalue weighted by atomic mass is 17.1. The molecule has 4 nitrogen and oxygen atoms in total. The van der Waals surface area contributed by atoms with E-state index in [1.165, 1.54) is 0 Å². The first-order valence-corrected chi connectivity index (χ1v) is 4.66. The summed E-state index contributed by atoms with van der Waals surface area (Å²) in [4.78, 5) is 4.37. The van der Waals surface area contributed by atoms with Gasteiger partial charge in [0, 0.05) is 0 Å². The monoisotopic (exact) mass is 190 g/mol. The zero-order valence-corrected chi connectivity index (χ0v) is 8.10. The molecule has 78 valence electrons. The second-order valence-electron chi connectivity index (χ2n) is 4.34. The van der Waals surface area contributed by atoms with Gasteiger partial charge in [0.2, 0.25) is 0 Å². The SMILES string of the molecule is CC(C)(OO)C1CCC(O)C(O)C1. The third-order valence-corrected chi connectivity index (χ3v) is 3.00. The summed E-state index contributed by atoms with van der Waals surface area (Å²) >= 11 is 0. The van der Waals surface area contributed by atoms with Crippen molar-refractivity contribution in [1.82, 2.24) is 0 Å². The van der Waals surface area contributed by atoms with E-state index in [9.17, 15) is 10.2 Å². The van der Waals surface area contributed by atoms with Crippen LogP contribution in [0.1, 0.15) is 33.1 Å². The van der Waals surface area contributed by atoms with E-state index in [4.69, 9.17) is 5.26 Å². The summed E-state index contributed by atoms with van der Waals surface area (Å²) in [7, 11) is 0. The van der Waals surface area contributed by atoms with Gasteiger partial charge in [-0.15, -0.1) is 0 Å². The molecule has 0 aliphatic heterocycles. The highest BCUT2D eigenvalue weighted by Gasteiger charge is 2.37. The summed E-state index contributed by atoms with van der Waals surface area (Å²) in [6.45, 7) is 3.56. The van der Waals surface area contributed by atoms with Crippen molar-refractivity contribution >= 4 is 0 Å². The average molecular weight is 190 g/mol. The molecule has 1 fully saturated rings. The zero-order chi connectivity index (χ0) is 10.1. The van der Waals surface area contributed by atoms with Crippen LogP contribution < -0.4 is 0 Å². The van der Waals surface area contributed by atoms with Crippen LogP contribution in [0.5, 0.6) is 0 Å². The van der Waals surface area contributed by atoms with Gasteiger partial charge in [-0.2, -0.15) is 0 Å². The summed E-state index contributed by atoms with van der Waals surface area (Å²) in [5.41, 5.74) is -0.638. The summed E-state index contributed by atoms with van der Waals surface area (Å²) in [6, 6.07) is 0. The molecule has 1 rings (SSSR count). The summed E-state index contributed by atoms with van der Waals surface area (Å²) in [5.74, 6) is 0.0934. The lowest BCUT2D eigenvalue weighted by molar-refractivity contribution is -0.331. The minimum Gasteiger partial charge on any atom is -0.390 e. The first-order valence-electron chi connectivity index (χ1n) is 4.66. The standard InChI is InChI=1S/C9H18O4/c1-9(2,13-12)6-3-4-7(10)8(11)5-6/h6-8,10-12H,3-5H2,1-2H3. The fourth-order valence-corrected chi connectivity index (χ4v) is 1.84. The van der Waals surface area contributed by atoms with E-state index in [1.807, 2.05) is 0 Å². The van der Waals surface area contributed by atoms with Crippen LogP contribution in [0.15, 0.2) is 0 Å². The van der Waals surface area contributed by atoms with E-state index in [-0.39, 0.29) is 5.92 Å². The smallest absolute Gasteiger partial charge is 0.101 e. The number of rotatable bonds is 2. The number of aliphatic hydroxyl groups excluding tert-OH is 2. The van der Waals surface area contributed by atoms with Crippen molar-refractivity contribution in [1.29, 1.82) is 0 Å². The lowest BCUT2D eigenvalue weighted by atomic mass is 9.76. The minimum atomic E-state index is -0.687. The molecule has 0 aromatic carbocycles. The molecule has 1 aliphatic rings. The molecule has 0 aromatic rings. The third kappa shape index (κ3) is 2.40. The van der Waals surface area contributed by atoms with E-state index in [2.05, 4.69) is 4.89 Å². The van der Waals surface area contributed by atoms with Crippen molar-refractivity contribution in [2.24, 2.45) is 5.92 Å². The van der Waals surface area contributed by atoms with E-state index < -0.39 is 17.8 Å². The van der Waals surface area contributed by atoms with Gasteiger partial charge in [-0.05, 0) is 39.0 Å². The van der Waals surface area contributed by atoms with Crippen LogP contribution in [0.2, 0.25) is 0 Å². The Morgan fingerprint density at radius 3 is 2.23 bits per heavy atom. The quantitative estimate of drug-likeness (QED) is 0.444. The number of aliphatic hydroxyl groups is 2. The molecule has 1 saturated carbocycles. The van der Waals surface area contributed by atoms with E-state index >= 15 is 0 Å². The van der Waals surface area contributed by atoms with Crippen LogP contribution in [0.3, 0.4) is 0 Å². The molecule has 0 heterocycles. The second kappa shape index (κ2) is 3.92. The number of hydrogen-bond donors (Lipinski definition) is 3. The van der Waals surface area contributed by atoms with Gasteiger partial charge in [0.1, 0.15) is 5.60 Å². The molecule has 0 aromatic heterocycles. The summed E-state index contributed by atoms with van der Waals surface area (Å²) in [5, 5.41) is 27.4. The maximum Gasteiger partial charge on any atom is 0.101 e. The molecule has 1 aliphatic carbocycles. The van der Waals surface area contributed by atoms with Crippen LogP contribution >= 0.6 is 0 Å². The zero-order valence-electron chi connectivity index (χ0n) is 8.10. The molecule has 4 heteroatoms. The molecule has 3 atom stereocenters. The predicted octanol–water partition coefficient (Wildman–Crippen LogP) is 0.776. The Morgan fingerprint density at radius 2 is 1.77 bits per heavy atom. The van der Waals surface area contributed by atoms with Crippen LogP contribution in [0.25, 0.3) is 0 Å². The number of hydrogen-bond acceptors (Lipinski definition) is 4. The molecular weight excluding hydrogens is 172 g/mol. The predicted molar refractivity (Wildman–Crippen MR) is 47.1 cm³/mol. The summed E-state index contributed by atoms with van der Waals surface area (Å²) < 4.78 is 0. The molecular formula is C9H18O4. The first kappa shape index (κ1) is 10.9. The van der Waals surface area contributed by atoms with Crippen molar-refractivity contribution in [3.63, 3.8) is 0 Å². The molecule has 0 amide bonds. The summed E-state index contributed by atoms with van der Waals surface area (Å²) in [6.07, 6.45) is 0.512. The normalized spacial score (nSPS) is 36.2. The van der Waals surface area contributed by atoms with Crippen LogP contribution in [0, 0.1) is 5.92 Å². The van der Waals surface area contributed by atoms with Gasteiger partial charge in [0.15, 0.2) is 0 Å². The van der Waals surface area contributed by atoms with Crippen molar-refractivity contribution in [2.45, 2.75) is 50.9 Å². The molecule has 0 bridgehead atoms. The van der Waals surface area contributed by atoms with Crippen molar-refractivity contribution in [3.05, 3.63) is 0 Å². The highest BCUT2D eigenvalue weighted by molar-refractivity contribution is 4.87. The van der Waals surface area contributed by atoms with Crippen molar-refractivity contribution in [2.75, 3.05) is 0 Å². The van der Waals surface area contributed by atoms with Crippen LogP contribution in [-0.4, -0.2) is 33.3 Å². The van der Waals surface area contributed by atoms with Gasteiger partial charge >= 0.3 is 0 Å². The Hall–Kier alpha value is -0.160. The van der Waals surface area contributed by atoms with Gasteiger partial charge in [0.25, 0.3) is 0 Å². The highest BCUT2D eigenvalue weighted by Crippen LogP contribution is 2.34. The van der Waals surface area contributed by atoms with Crippen LogP contribution in [-0.2, 0) is 4.89 Å². The lowest BCUT2D eigenvalue weighted by Gasteiger charge is -2.37. The topological polar surface area (TPSA) is 69.9 Å². The van der Waals surface area contributed by atoms with Gasteiger partial charge in [-0.3, -0.25) is 5.26 Å². The Morgan fingerprint density at radius 1 is 1.15 bits per heavy atom. The average Bonchev–Trinajstić information content (AvgIpc) is 2.09. The van der Waals surface area contributed by atoms with E-state index in [1.54, 1.807) is 13.8 Å². The second-order valence-corrected chi connectivity index (χ2v) is 4.34. The van der Waals surface area contributed by atoms with Crippen LogP contribution in [0.4, 0.5) is 0 Å². The fraction of sp³-hybridized carbons (Fsp3) is 1.00. The third-order valence-electron chi connectivity index (χ3n) is 3.00. The molecule has 0 saturated heterocycles. The minimum absolute atomic E-state index is 0.0934. The Bertz CT molecular complexity index is 169. The van der Waals surface area contributed by atoms with Crippen molar-refractivity contribution in [3.8, 4) is 0 Å². The lowest BCUT2D eigenvalue weighted by Crippen LogP contribution is -2.43. The Balaban J connectivity index is 2.55. The Labute approximate surface area is 78.1 Å². The van der Waals surface area contributed by atoms with Gasteiger partial charge in [-0.1, -0.05) is 0 Å².